The van der Waals surface area contributed by atoms with Crippen molar-refractivity contribution < 1.29 is 5.11 Å². The largest absolute Gasteiger partial charge is 0.389 e. The summed E-state index contributed by atoms with van der Waals surface area (Å²) >= 11 is 2.29. The molecule has 2 unspecified atom stereocenters. The molecule has 0 spiro atoms. The molecule has 1 aromatic rings. The maximum atomic E-state index is 10.5. The fourth-order valence-electron chi connectivity index (χ4n) is 3.91. The number of nitrogens with one attached hydrogen (secondary N) is 1. The second-order valence-corrected chi connectivity index (χ2v) is 7.55. The Morgan fingerprint density at radius 2 is 2.16 bits per heavy atom. The van der Waals surface area contributed by atoms with Crippen LogP contribution >= 0.6 is 22.6 Å². The quantitative estimate of drug-likeness (QED) is 0.793. The molecule has 1 heterocycles. The van der Waals surface area contributed by atoms with Crippen LogP contribution in [0.15, 0.2) is 6.07 Å². The first-order valence-electron chi connectivity index (χ1n) is 7.07. The molecule has 106 valence electrons. The van der Waals surface area contributed by atoms with Crippen LogP contribution < -0.4 is 5.32 Å². The number of fused-ring (bicyclic) bond motifs is 1. The third-order valence-electron chi connectivity index (χ3n) is 4.63. The van der Waals surface area contributed by atoms with Gasteiger partial charge in [-0.3, -0.25) is 4.68 Å². The van der Waals surface area contributed by atoms with Crippen molar-refractivity contribution >= 4 is 22.6 Å². The van der Waals surface area contributed by atoms with E-state index < -0.39 is 5.60 Å². The number of likely N-dealkylation sites (N-methyl/N-ethyl adjacent to an activating group) is 1. The molecule has 2 atom stereocenters. The lowest BCUT2D eigenvalue weighted by molar-refractivity contribution is 0.0349. The standard InChI is InChI=1S/C14H22IN3O/c1-8(2)18-11(4-12(15)17-18)13-9-5-14(19,7-16-3)6-10(9)13/h4,8-10,13,16,19H,5-7H2,1-3H3. The molecule has 0 aliphatic heterocycles. The smallest absolute Gasteiger partial charge is 0.123 e. The molecule has 5 heteroatoms. The molecule has 0 aromatic carbocycles. The number of rotatable bonds is 4. The summed E-state index contributed by atoms with van der Waals surface area (Å²) in [6.07, 6.45) is 1.87. The molecular formula is C14H22IN3O. The van der Waals surface area contributed by atoms with Crippen molar-refractivity contribution in [3.63, 3.8) is 0 Å². The van der Waals surface area contributed by atoms with Crippen molar-refractivity contribution in [3.05, 3.63) is 15.5 Å². The Labute approximate surface area is 128 Å². The SMILES string of the molecule is CNCC1(O)CC2C(C1)C2c1cc(I)nn1C(C)C. The maximum absolute atomic E-state index is 10.5. The van der Waals surface area contributed by atoms with Crippen LogP contribution in [0.3, 0.4) is 0 Å². The van der Waals surface area contributed by atoms with Gasteiger partial charge in [-0.25, -0.2) is 0 Å². The second kappa shape index (κ2) is 4.70. The molecule has 19 heavy (non-hydrogen) atoms. The van der Waals surface area contributed by atoms with Crippen molar-refractivity contribution in [2.45, 2.75) is 44.2 Å². The van der Waals surface area contributed by atoms with E-state index in [2.05, 4.69) is 57.6 Å². The van der Waals surface area contributed by atoms with Crippen molar-refractivity contribution in [1.29, 1.82) is 0 Å². The van der Waals surface area contributed by atoms with E-state index in [0.717, 1.165) is 16.5 Å². The second-order valence-electron chi connectivity index (χ2n) is 6.45. The third kappa shape index (κ3) is 2.34. The number of nitrogens with zero attached hydrogens (tertiary/aromatic N) is 2. The van der Waals surface area contributed by atoms with Gasteiger partial charge in [-0.15, -0.1) is 0 Å². The first kappa shape index (κ1) is 13.8. The molecule has 2 aliphatic carbocycles. The Morgan fingerprint density at radius 1 is 1.53 bits per heavy atom. The fourth-order valence-corrected chi connectivity index (χ4v) is 4.47. The van der Waals surface area contributed by atoms with Crippen molar-refractivity contribution in [3.8, 4) is 0 Å². The molecule has 0 radical (unpaired) electrons. The van der Waals surface area contributed by atoms with Crippen molar-refractivity contribution in [2.75, 3.05) is 13.6 Å². The predicted molar refractivity (Wildman–Crippen MR) is 83.2 cm³/mol. The normalized spacial score (nSPS) is 36.8. The van der Waals surface area contributed by atoms with Crippen LogP contribution in [-0.2, 0) is 0 Å². The summed E-state index contributed by atoms with van der Waals surface area (Å²) in [6, 6.07) is 2.64. The zero-order valence-corrected chi connectivity index (χ0v) is 13.9. The minimum atomic E-state index is -0.476. The highest BCUT2D eigenvalue weighted by Crippen LogP contribution is 2.65. The van der Waals surface area contributed by atoms with Crippen molar-refractivity contribution in [1.82, 2.24) is 15.1 Å². The van der Waals surface area contributed by atoms with E-state index in [1.807, 2.05) is 7.05 Å². The van der Waals surface area contributed by atoms with Gasteiger partial charge in [-0.1, -0.05) is 0 Å². The molecule has 2 N–H and O–H groups in total. The highest BCUT2D eigenvalue weighted by atomic mass is 127. The van der Waals surface area contributed by atoms with E-state index in [1.165, 1.54) is 5.69 Å². The summed E-state index contributed by atoms with van der Waals surface area (Å²) in [5, 5.41) is 18.2. The van der Waals surface area contributed by atoms with Crippen LogP contribution in [0.1, 0.15) is 44.3 Å². The topological polar surface area (TPSA) is 50.1 Å². The van der Waals surface area contributed by atoms with Crippen LogP contribution in [0, 0.1) is 15.5 Å². The highest BCUT2D eigenvalue weighted by molar-refractivity contribution is 14.1. The summed E-state index contributed by atoms with van der Waals surface area (Å²) < 4.78 is 3.25. The van der Waals surface area contributed by atoms with Crippen LogP contribution in [-0.4, -0.2) is 34.1 Å². The van der Waals surface area contributed by atoms with Crippen LogP contribution in [0.5, 0.6) is 0 Å². The third-order valence-corrected chi connectivity index (χ3v) is 5.16. The molecule has 2 saturated carbocycles. The fraction of sp³-hybridized carbons (Fsp3) is 0.786. The number of aromatic nitrogens is 2. The Kier molecular flexibility index (Phi) is 3.42. The van der Waals surface area contributed by atoms with Gasteiger partial charge in [0, 0.05) is 24.2 Å². The number of hydrogen-bond donors (Lipinski definition) is 2. The first-order chi connectivity index (χ1) is 8.95. The van der Waals surface area contributed by atoms with Crippen molar-refractivity contribution in [2.24, 2.45) is 11.8 Å². The summed E-state index contributed by atoms with van der Waals surface area (Å²) in [4.78, 5) is 0. The number of aliphatic hydroxyl groups is 1. The minimum absolute atomic E-state index is 0.413. The molecule has 3 rings (SSSR count). The van der Waals surface area contributed by atoms with Gasteiger partial charge in [0.25, 0.3) is 0 Å². The van der Waals surface area contributed by atoms with Gasteiger partial charge in [0.05, 0.1) is 5.60 Å². The van der Waals surface area contributed by atoms with E-state index in [-0.39, 0.29) is 0 Å². The van der Waals surface area contributed by atoms with Crippen LogP contribution in [0.2, 0.25) is 0 Å². The van der Waals surface area contributed by atoms with Crippen LogP contribution in [0.4, 0.5) is 0 Å². The summed E-state index contributed by atoms with van der Waals surface area (Å²) in [5.41, 5.74) is 0.900. The molecule has 4 nitrogen and oxygen atoms in total. The Balaban J connectivity index is 1.76. The van der Waals surface area contributed by atoms with E-state index in [0.29, 0.717) is 30.3 Å². The average Bonchev–Trinajstić information content (AvgIpc) is 2.70. The Hall–Kier alpha value is -0.140. The maximum Gasteiger partial charge on any atom is 0.123 e. The zero-order valence-electron chi connectivity index (χ0n) is 11.7. The van der Waals surface area contributed by atoms with Gasteiger partial charge in [-0.2, -0.15) is 5.10 Å². The summed E-state index contributed by atoms with van der Waals surface area (Å²) in [7, 11) is 1.91. The van der Waals surface area contributed by atoms with Gasteiger partial charge in [0.1, 0.15) is 3.70 Å². The molecule has 1 aromatic heterocycles. The molecular weight excluding hydrogens is 353 g/mol. The van der Waals surface area contributed by atoms with Gasteiger partial charge >= 0.3 is 0 Å². The lowest BCUT2D eigenvalue weighted by Gasteiger charge is -2.25. The Morgan fingerprint density at radius 3 is 2.68 bits per heavy atom. The summed E-state index contributed by atoms with van der Waals surface area (Å²) in [5.74, 6) is 1.93. The minimum Gasteiger partial charge on any atom is -0.389 e. The summed E-state index contributed by atoms with van der Waals surface area (Å²) in [6.45, 7) is 5.08. The highest BCUT2D eigenvalue weighted by Gasteiger charge is 2.62. The first-order valence-corrected chi connectivity index (χ1v) is 8.15. The van der Waals surface area contributed by atoms with E-state index >= 15 is 0 Å². The van der Waals surface area contributed by atoms with Gasteiger partial charge < -0.3 is 10.4 Å². The molecule has 2 aliphatic rings. The lowest BCUT2D eigenvalue weighted by Crippen LogP contribution is -2.38. The molecule has 0 saturated heterocycles. The van der Waals surface area contributed by atoms with E-state index in [9.17, 15) is 5.11 Å². The molecule has 2 fully saturated rings. The molecule has 0 amide bonds. The zero-order chi connectivity index (χ0) is 13.8. The number of halogens is 1. The van der Waals surface area contributed by atoms with Gasteiger partial charge in [-0.05, 0) is 74.2 Å². The monoisotopic (exact) mass is 375 g/mol. The van der Waals surface area contributed by atoms with E-state index in [4.69, 9.17) is 0 Å². The van der Waals surface area contributed by atoms with Gasteiger partial charge in [0.15, 0.2) is 0 Å². The number of hydrogen-bond acceptors (Lipinski definition) is 3. The van der Waals surface area contributed by atoms with E-state index in [1.54, 1.807) is 0 Å². The van der Waals surface area contributed by atoms with Crippen LogP contribution in [0.25, 0.3) is 0 Å². The molecule has 0 bridgehead atoms. The average molecular weight is 375 g/mol. The lowest BCUT2D eigenvalue weighted by atomic mass is 9.93. The Bertz CT molecular complexity index is 473. The predicted octanol–water partition coefficient (Wildman–Crippen LogP) is 2.14. The van der Waals surface area contributed by atoms with Gasteiger partial charge in [0.2, 0.25) is 0 Å².